The summed E-state index contributed by atoms with van der Waals surface area (Å²) >= 11 is 0. The molecule has 1 aromatic carbocycles. The summed E-state index contributed by atoms with van der Waals surface area (Å²) < 4.78 is 0. The first kappa shape index (κ1) is 13.9. The van der Waals surface area contributed by atoms with Gasteiger partial charge in [-0.3, -0.25) is 4.79 Å². The Hall–Kier alpha value is -1.51. The first-order valence-electron chi connectivity index (χ1n) is 7.24. The summed E-state index contributed by atoms with van der Waals surface area (Å²) in [6, 6.07) is 5.81. The number of hydrogen-bond acceptors (Lipinski definition) is 2. The number of carbonyl (C=O) groups is 1. The van der Waals surface area contributed by atoms with Crippen molar-refractivity contribution < 1.29 is 9.90 Å². The smallest absolute Gasteiger partial charge is 0.219 e. The predicted molar refractivity (Wildman–Crippen MR) is 76.3 cm³/mol. The molecule has 2 atom stereocenters. The summed E-state index contributed by atoms with van der Waals surface area (Å²) in [6.07, 6.45) is 3.62. The average Bonchev–Trinajstić information content (AvgIpc) is 3.18. The number of rotatable bonds is 6. The fraction of sp³-hybridized carbons (Fsp3) is 0.562. The van der Waals surface area contributed by atoms with Crippen molar-refractivity contribution in [2.24, 2.45) is 5.92 Å². The van der Waals surface area contributed by atoms with Crippen LogP contribution in [0.5, 0.6) is 5.75 Å². The highest BCUT2D eigenvalue weighted by atomic mass is 16.3. The Morgan fingerprint density at radius 3 is 2.89 bits per heavy atom. The van der Waals surface area contributed by atoms with Gasteiger partial charge >= 0.3 is 0 Å². The lowest BCUT2D eigenvalue weighted by Gasteiger charge is -2.11. The molecular formula is C16H23NO2. The third kappa shape index (κ3) is 3.28. The first-order valence-corrected chi connectivity index (χ1v) is 7.24. The van der Waals surface area contributed by atoms with Crippen molar-refractivity contribution in [3.8, 4) is 5.75 Å². The first-order chi connectivity index (χ1) is 9.17. The van der Waals surface area contributed by atoms with Crippen molar-refractivity contribution in [3.05, 3.63) is 29.3 Å². The zero-order valence-electron chi connectivity index (χ0n) is 11.8. The van der Waals surface area contributed by atoms with Crippen LogP contribution in [0.4, 0.5) is 0 Å². The Morgan fingerprint density at radius 1 is 1.42 bits per heavy atom. The minimum Gasteiger partial charge on any atom is -0.508 e. The molecule has 1 aromatic rings. The Kier molecular flexibility index (Phi) is 4.46. The second kappa shape index (κ2) is 6.09. The quantitative estimate of drug-likeness (QED) is 0.827. The van der Waals surface area contributed by atoms with E-state index >= 15 is 0 Å². The second-order valence-corrected chi connectivity index (χ2v) is 5.35. The van der Waals surface area contributed by atoms with Gasteiger partial charge in [0.15, 0.2) is 0 Å². The molecule has 1 fully saturated rings. The molecular weight excluding hydrogens is 238 g/mol. The van der Waals surface area contributed by atoms with Gasteiger partial charge in [-0.25, -0.2) is 0 Å². The molecule has 1 amide bonds. The fourth-order valence-electron chi connectivity index (χ4n) is 2.69. The van der Waals surface area contributed by atoms with Gasteiger partial charge in [0.2, 0.25) is 5.91 Å². The Morgan fingerprint density at radius 2 is 2.21 bits per heavy atom. The van der Waals surface area contributed by atoms with Crippen molar-refractivity contribution in [1.29, 1.82) is 0 Å². The number of hydrogen-bond donors (Lipinski definition) is 2. The summed E-state index contributed by atoms with van der Waals surface area (Å²) in [7, 11) is 0. The third-order valence-electron chi connectivity index (χ3n) is 3.89. The molecule has 1 saturated carbocycles. The molecule has 0 bridgehead atoms. The topological polar surface area (TPSA) is 49.3 Å². The maximum Gasteiger partial charge on any atom is 0.219 e. The van der Waals surface area contributed by atoms with Crippen LogP contribution in [0, 0.1) is 5.92 Å². The lowest BCUT2D eigenvalue weighted by Crippen LogP contribution is -2.24. The van der Waals surface area contributed by atoms with Gasteiger partial charge in [-0.05, 0) is 41.9 Å². The van der Waals surface area contributed by atoms with Crippen LogP contribution in [0.25, 0.3) is 0 Å². The van der Waals surface area contributed by atoms with Gasteiger partial charge in [0.1, 0.15) is 5.75 Å². The van der Waals surface area contributed by atoms with Crippen LogP contribution in [0.2, 0.25) is 0 Å². The molecule has 2 rings (SSSR count). The highest BCUT2D eigenvalue weighted by Gasteiger charge is 2.39. The minimum absolute atomic E-state index is 0.121. The number of aromatic hydroxyl groups is 1. The van der Waals surface area contributed by atoms with Crippen molar-refractivity contribution >= 4 is 5.91 Å². The average molecular weight is 261 g/mol. The van der Waals surface area contributed by atoms with E-state index in [9.17, 15) is 9.90 Å². The molecule has 19 heavy (non-hydrogen) atoms. The van der Waals surface area contributed by atoms with E-state index in [0.29, 0.717) is 24.0 Å². The molecule has 3 nitrogen and oxygen atoms in total. The van der Waals surface area contributed by atoms with Crippen LogP contribution < -0.4 is 5.32 Å². The molecule has 1 aliphatic rings. The lowest BCUT2D eigenvalue weighted by atomic mass is 9.97. The van der Waals surface area contributed by atoms with Crippen LogP contribution in [-0.2, 0) is 11.2 Å². The van der Waals surface area contributed by atoms with Crippen molar-refractivity contribution in [2.75, 3.05) is 6.54 Å². The van der Waals surface area contributed by atoms with Crippen LogP contribution in [0.1, 0.15) is 50.2 Å². The largest absolute Gasteiger partial charge is 0.508 e. The molecule has 0 heterocycles. The van der Waals surface area contributed by atoms with Gasteiger partial charge in [0, 0.05) is 13.0 Å². The lowest BCUT2D eigenvalue weighted by molar-refractivity contribution is -0.120. The molecule has 0 aromatic heterocycles. The highest BCUT2D eigenvalue weighted by Crippen LogP contribution is 2.49. The van der Waals surface area contributed by atoms with Gasteiger partial charge < -0.3 is 10.4 Å². The molecule has 0 spiro atoms. The molecule has 1 aliphatic carbocycles. The van der Waals surface area contributed by atoms with Crippen molar-refractivity contribution in [3.63, 3.8) is 0 Å². The van der Waals surface area contributed by atoms with Gasteiger partial charge in [-0.15, -0.1) is 0 Å². The predicted octanol–water partition coefficient (Wildman–Crippen LogP) is 2.97. The maximum atomic E-state index is 11.3. The Bertz CT molecular complexity index is 456. The molecule has 0 radical (unpaired) electrons. The molecule has 0 saturated heterocycles. The SMILES string of the molecule is CCCc1c(O)cccc1[C@@H]1C[C@H]1CNC(=O)CC. The number of benzene rings is 1. The van der Waals surface area contributed by atoms with E-state index in [1.165, 1.54) is 5.56 Å². The van der Waals surface area contributed by atoms with Gasteiger partial charge in [0.25, 0.3) is 0 Å². The Balaban J connectivity index is 2.00. The maximum absolute atomic E-state index is 11.3. The third-order valence-corrected chi connectivity index (χ3v) is 3.89. The van der Waals surface area contributed by atoms with E-state index in [-0.39, 0.29) is 5.91 Å². The zero-order chi connectivity index (χ0) is 13.8. The van der Waals surface area contributed by atoms with Crippen LogP contribution >= 0.6 is 0 Å². The van der Waals surface area contributed by atoms with Crippen LogP contribution in [-0.4, -0.2) is 17.6 Å². The normalized spacial score (nSPS) is 21.2. The number of phenolic OH excluding ortho intramolecular Hbond substituents is 1. The summed E-state index contributed by atoms with van der Waals surface area (Å²) in [5.74, 6) is 1.58. The summed E-state index contributed by atoms with van der Waals surface area (Å²) in [5.41, 5.74) is 2.37. The molecule has 0 aliphatic heterocycles. The molecule has 104 valence electrons. The van der Waals surface area contributed by atoms with Gasteiger partial charge in [0.05, 0.1) is 0 Å². The van der Waals surface area contributed by atoms with Gasteiger partial charge in [-0.1, -0.05) is 32.4 Å². The van der Waals surface area contributed by atoms with Crippen molar-refractivity contribution in [1.82, 2.24) is 5.32 Å². The fourth-order valence-corrected chi connectivity index (χ4v) is 2.69. The van der Waals surface area contributed by atoms with E-state index < -0.39 is 0 Å². The van der Waals surface area contributed by atoms with E-state index in [2.05, 4.69) is 18.3 Å². The molecule has 3 heteroatoms. The van der Waals surface area contributed by atoms with Crippen molar-refractivity contribution in [2.45, 2.75) is 45.4 Å². The van der Waals surface area contributed by atoms with Crippen LogP contribution in [0.3, 0.4) is 0 Å². The van der Waals surface area contributed by atoms with Crippen LogP contribution in [0.15, 0.2) is 18.2 Å². The van der Waals surface area contributed by atoms with Gasteiger partial charge in [-0.2, -0.15) is 0 Å². The summed E-state index contributed by atoms with van der Waals surface area (Å²) in [6.45, 7) is 4.76. The number of nitrogens with one attached hydrogen (secondary N) is 1. The molecule has 2 N–H and O–H groups in total. The number of phenols is 1. The van der Waals surface area contributed by atoms with E-state index in [1.54, 1.807) is 6.07 Å². The minimum atomic E-state index is 0.121. The molecule has 0 unspecified atom stereocenters. The Labute approximate surface area is 115 Å². The zero-order valence-corrected chi connectivity index (χ0v) is 11.8. The van der Waals surface area contributed by atoms with E-state index in [0.717, 1.165) is 31.4 Å². The second-order valence-electron chi connectivity index (χ2n) is 5.35. The van der Waals surface area contributed by atoms with E-state index in [4.69, 9.17) is 0 Å². The summed E-state index contributed by atoms with van der Waals surface area (Å²) in [5, 5.41) is 12.9. The summed E-state index contributed by atoms with van der Waals surface area (Å²) in [4.78, 5) is 11.3. The number of carbonyl (C=O) groups excluding carboxylic acids is 1. The monoisotopic (exact) mass is 261 g/mol. The number of amides is 1. The standard InChI is InChI=1S/C16H23NO2/c1-3-6-13-12(7-5-8-15(13)18)14-9-11(14)10-17-16(19)4-2/h5,7-8,11,14,18H,3-4,6,9-10H2,1-2H3,(H,17,19)/t11-,14+/m0/s1. The highest BCUT2D eigenvalue weighted by molar-refractivity contribution is 5.75. The van der Waals surface area contributed by atoms with E-state index in [1.807, 2.05) is 13.0 Å².